The fourth-order valence-corrected chi connectivity index (χ4v) is 2.76. The first-order chi connectivity index (χ1) is 13.5. The number of aromatic nitrogens is 1. The maximum atomic E-state index is 12.6. The first kappa shape index (κ1) is 18.9. The number of aliphatic imine (C=N–C) groups is 1. The van der Waals surface area contributed by atoms with E-state index in [1.165, 1.54) is 6.07 Å². The van der Waals surface area contributed by atoms with Gasteiger partial charge in [0.2, 0.25) is 0 Å². The van der Waals surface area contributed by atoms with Gasteiger partial charge in [0, 0.05) is 24.0 Å². The molecule has 3 N–H and O–H groups in total. The second kappa shape index (κ2) is 8.22. The molecule has 0 radical (unpaired) electrons. The SMILES string of the molecule is CNc1c(C(C)=Nc2ccccc2)cc(C(=O)Nc2ccccc2)c(=O)n1O. The van der Waals surface area contributed by atoms with E-state index in [0.29, 0.717) is 27.4 Å². The zero-order chi connectivity index (χ0) is 20.1. The number of nitrogens with zero attached hydrogens (tertiary/aromatic N) is 2. The highest BCUT2D eigenvalue weighted by atomic mass is 16.5. The van der Waals surface area contributed by atoms with Gasteiger partial charge >= 0.3 is 0 Å². The number of carbonyl (C=O) groups is 1. The van der Waals surface area contributed by atoms with Crippen molar-refractivity contribution < 1.29 is 10.0 Å². The third-order valence-corrected chi connectivity index (χ3v) is 4.13. The Labute approximate surface area is 162 Å². The summed E-state index contributed by atoms with van der Waals surface area (Å²) in [6.45, 7) is 1.74. The summed E-state index contributed by atoms with van der Waals surface area (Å²) in [7, 11) is 1.57. The Bertz CT molecular complexity index is 1070. The molecule has 7 nitrogen and oxygen atoms in total. The minimum absolute atomic E-state index is 0.151. The van der Waals surface area contributed by atoms with Crippen molar-refractivity contribution in [1.82, 2.24) is 4.73 Å². The number of nitrogens with one attached hydrogen (secondary N) is 2. The lowest BCUT2D eigenvalue weighted by molar-refractivity contribution is 0.101. The lowest BCUT2D eigenvalue weighted by atomic mass is 10.1. The molecule has 0 spiro atoms. The summed E-state index contributed by atoms with van der Waals surface area (Å²) in [6, 6.07) is 19.5. The third-order valence-electron chi connectivity index (χ3n) is 4.13. The molecule has 1 heterocycles. The number of hydrogen-bond acceptors (Lipinski definition) is 5. The Morgan fingerprint density at radius 1 is 1.00 bits per heavy atom. The van der Waals surface area contributed by atoms with E-state index in [1.807, 2.05) is 36.4 Å². The number of carbonyl (C=O) groups excluding carboxylic acids is 1. The van der Waals surface area contributed by atoms with Gasteiger partial charge in [0.25, 0.3) is 11.5 Å². The molecular formula is C21H20N4O3. The second-order valence-electron chi connectivity index (χ2n) is 6.04. The Morgan fingerprint density at radius 2 is 1.61 bits per heavy atom. The molecule has 0 aliphatic carbocycles. The van der Waals surface area contributed by atoms with Gasteiger partial charge in [-0.05, 0) is 37.3 Å². The normalized spacial score (nSPS) is 11.1. The lowest BCUT2D eigenvalue weighted by Crippen LogP contribution is -2.31. The van der Waals surface area contributed by atoms with Gasteiger partial charge in [-0.25, -0.2) is 0 Å². The van der Waals surface area contributed by atoms with Gasteiger partial charge in [-0.15, -0.1) is 4.73 Å². The highest BCUT2D eigenvalue weighted by molar-refractivity contribution is 6.09. The lowest BCUT2D eigenvalue weighted by Gasteiger charge is -2.14. The number of para-hydroxylation sites is 2. The predicted molar refractivity (Wildman–Crippen MR) is 110 cm³/mol. The number of amides is 1. The van der Waals surface area contributed by atoms with E-state index < -0.39 is 11.5 Å². The quantitative estimate of drug-likeness (QED) is 0.469. The smallest absolute Gasteiger partial charge is 0.297 e. The molecule has 28 heavy (non-hydrogen) atoms. The fraction of sp³-hybridized carbons (Fsp3) is 0.0952. The van der Waals surface area contributed by atoms with E-state index in [4.69, 9.17) is 0 Å². The van der Waals surface area contributed by atoms with E-state index in [0.717, 1.165) is 0 Å². The average Bonchev–Trinajstić information content (AvgIpc) is 2.71. The van der Waals surface area contributed by atoms with Crippen molar-refractivity contribution in [3.05, 3.63) is 88.2 Å². The van der Waals surface area contributed by atoms with Crippen molar-refractivity contribution in [3.8, 4) is 0 Å². The first-order valence-corrected chi connectivity index (χ1v) is 8.65. The summed E-state index contributed by atoms with van der Waals surface area (Å²) < 4.78 is 0.430. The molecule has 0 aliphatic rings. The molecule has 3 rings (SSSR count). The van der Waals surface area contributed by atoms with Crippen molar-refractivity contribution >= 4 is 28.8 Å². The van der Waals surface area contributed by atoms with Gasteiger partial charge < -0.3 is 15.8 Å². The van der Waals surface area contributed by atoms with Gasteiger partial charge in [0.05, 0.1) is 5.69 Å². The van der Waals surface area contributed by atoms with Crippen LogP contribution in [-0.4, -0.2) is 28.6 Å². The van der Waals surface area contributed by atoms with Gasteiger partial charge in [0.1, 0.15) is 5.56 Å². The standard InChI is InChI=1S/C21H20N4O3/c1-14(23-15-9-5-3-6-10-15)17-13-18(21(27)25(28)19(17)22-2)20(26)24-16-11-7-4-8-12-16/h3-13,22,28H,1-2H3,(H,24,26). The molecule has 0 fully saturated rings. The summed E-state index contributed by atoms with van der Waals surface area (Å²) in [4.78, 5) is 29.6. The monoisotopic (exact) mass is 376 g/mol. The van der Waals surface area contributed by atoms with Gasteiger partial charge in [-0.1, -0.05) is 36.4 Å². The Morgan fingerprint density at radius 3 is 2.21 bits per heavy atom. The Hall–Kier alpha value is -3.87. The van der Waals surface area contributed by atoms with E-state index in [-0.39, 0.29) is 11.4 Å². The van der Waals surface area contributed by atoms with Crippen molar-refractivity contribution in [2.45, 2.75) is 6.92 Å². The largest absolute Gasteiger partial charge is 0.423 e. The van der Waals surface area contributed by atoms with Crippen LogP contribution in [-0.2, 0) is 0 Å². The van der Waals surface area contributed by atoms with Crippen LogP contribution in [0.4, 0.5) is 17.2 Å². The van der Waals surface area contributed by atoms with Crippen LogP contribution in [0.2, 0.25) is 0 Å². The molecular weight excluding hydrogens is 356 g/mol. The van der Waals surface area contributed by atoms with Gasteiger partial charge in [-0.3, -0.25) is 14.6 Å². The Balaban J connectivity index is 2.06. The number of pyridine rings is 1. The molecule has 0 aliphatic heterocycles. The molecule has 3 aromatic rings. The van der Waals surface area contributed by atoms with Gasteiger partial charge in [0.15, 0.2) is 5.82 Å². The van der Waals surface area contributed by atoms with Crippen LogP contribution >= 0.6 is 0 Å². The topological polar surface area (TPSA) is 95.7 Å². The number of hydrogen-bond donors (Lipinski definition) is 3. The predicted octanol–water partition coefficient (Wildman–Crippen LogP) is 3.52. The van der Waals surface area contributed by atoms with Crippen molar-refractivity contribution in [2.24, 2.45) is 4.99 Å². The third kappa shape index (κ3) is 3.93. The van der Waals surface area contributed by atoms with E-state index in [2.05, 4.69) is 15.6 Å². The Kier molecular flexibility index (Phi) is 5.55. The number of benzene rings is 2. The fourth-order valence-electron chi connectivity index (χ4n) is 2.76. The minimum atomic E-state index is -0.825. The summed E-state index contributed by atoms with van der Waals surface area (Å²) in [6.07, 6.45) is 0. The maximum absolute atomic E-state index is 12.6. The average molecular weight is 376 g/mol. The maximum Gasteiger partial charge on any atom is 0.297 e. The van der Waals surface area contributed by atoms with Crippen LogP contribution in [0.3, 0.4) is 0 Å². The van der Waals surface area contributed by atoms with Gasteiger partial charge in [-0.2, -0.15) is 0 Å². The van der Waals surface area contributed by atoms with Crippen LogP contribution in [0.1, 0.15) is 22.8 Å². The molecule has 0 bridgehead atoms. The summed E-state index contributed by atoms with van der Waals surface area (Å²) in [5.41, 5.74) is 1.22. The summed E-state index contributed by atoms with van der Waals surface area (Å²) in [5.74, 6) is -0.464. The van der Waals surface area contributed by atoms with Crippen LogP contribution in [0.5, 0.6) is 0 Å². The molecule has 142 valence electrons. The van der Waals surface area contributed by atoms with E-state index >= 15 is 0 Å². The van der Waals surface area contributed by atoms with Crippen LogP contribution in [0.15, 0.2) is 76.5 Å². The molecule has 0 saturated heterocycles. The van der Waals surface area contributed by atoms with Crippen molar-refractivity contribution in [2.75, 3.05) is 17.7 Å². The van der Waals surface area contributed by atoms with Crippen molar-refractivity contribution in [1.29, 1.82) is 0 Å². The number of rotatable bonds is 5. The first-order valence-electron chi connectivity index (χ1n) is 8.65. The summed E-state index contributed by atoms with van der Waals surface area (Å²) in [5, 5.41) is 15.7. The van der Waals surface area contributed by atoms with Crippen LogP contribution in [0.25, 0.3) is 0 Å². The second-order valence-corrected chi connectivity index (χ2v) is 6.04. The molecule has 0 unspecified atom stereocenters. The zero-order valence-corrected chi connectivity index (χ0v) is 15.5. The van der Waals surface area contributed by atoms with Crippen molar-refractivity contribution in [3.63, 3.8) is 0 Å². The summed E-state index contributed by atoms with van der Waals surface area (Å²) >= 11 is 0. The highest BCUT2D eigenvalue weighted by Gasteiger charge is 2.20. The minimum Gasteiger partial charge on any atom is -0.423 e. The molecule has 0 atom stereocenters. The van der Waals surface area contributed by atoms with E-state index in [1.54, 1.807) is 38.2 Å². The molecule has 1 aromatic heterocycles. The zero-order valence-electron chi connectivity index (χ0n) is 15.5. The molecule has 0 saturated carbocycles. The van der Waals surface area contributed by atoms with E-state index in [9.17, 15) is 14.8 Å². The molecule has 2 aromatic carbocycles. The van der Waals surface area contributed by atoms with Crippen LogP contribution < -0.4 is 16.2 Å². The highest BCUT2D eigenvalue weighted by Crippen LogP contribution is 2.19. The molecule has 7 heteroatoms. The van der Waals surface area contributed by atoms with Crippen LogP contribution in [0, 0.1) is 0 Å². The number of anilines is 2. The molecule has 1 amide bonds.